The number of allylic oxidation sites excluding steroid dienone is 1. The molecule has 0 saturated heterocycles. The van der Waals surface area contributed by atoms with Gasteiger partial charge in [-0.2, -0.15) is 5.10 Å². The minimum atomic E-state index is -0.455. The molecule has 4 rings (SSSR count). The van der Waals surface area contributed by atoms with Crippen LogP contribution in [-0.2, 0) is 0 Å². The van der Waals surface area contributed by atoms with E-state index in [9.17, 15) is 14.9 Å². The molecule has 2 heterocycles. The predicted molar refractivity (Wildman–Crippen MR) is 118 cm³/mol. The molecule has 8 nitrogen and oxygen atoms in total. The van der Waals surface area contributed by atoms with Crippen molar-refractivity contribution >= 4 is 34.8 Å². The van der Waals surface area contributed by atoms with Gasteiger partial charge < -0.3 is 4.42 Å². The Bertz CT molecular complexity index is 1310. The van der Waals surface area contributed by atoms with Crippen molar-refractivity contribution < 1.29 is 14.1 Å². The SMILES string of the molecule is O=C(N/N=C/C=C/c1ccccc1[N+](=O)[O-])c1cc(-c2ccco2)nc2ccccc12. The average Bonchev–Trinajstić information content (AvgIpc) is 3.33. The summed E-state index contributed by atoms with van der Waals surface area (Å²) in [6.07, 6.45) is 5.96. The summed E-state index contributed by atoms with van der Waals surface area (Å²) in [4.78, 5) is 27.9. The number of nitrogens with zero attached hydrogens (tertiary/aromatic N) is 3. The first-order chi connectivity index (χ1) is 15.1. The van der Waals surface area contributed by atoms with Crippen LogP contribution in [0.15, 0.2) is 88.6 Å². The molecule has 0 atom stereocenters. The van der Waals surface area contributed by atoms with Crippen LogP contribution in [0.5, 0.6) is 0 Å². The maximum absolute atomic E-state index is 12.8. The predicted octanol–water partition coefficient (Wildman–Crippen LogP) is 4.83. The molecular weight excluding hydrogens is 396 g/mol. The number of hydrogen-bond donors (Lipinski definition) is 1. The van der Waals surface area contributed by atoms with Crippen LogP contribution in [0.4, 0.5) is 5.69 Å². The summed E-state index contributed by atoms with van der Waals surface area (Å²) in [6.45, 7) is 0. The van der Waals surface area contributed by atoms with Gasteiger partial charge in [0.2, 0.25) is 0 Å². The van der Waals surface area contributed by atoms with E-state index < -0.39 is 10.8 Å². The van der Waals surface area contributed by atoms with Crippen LogP contribution in [0.1, 0.15) is 15.9 Å². The van der Waals surface area contributed by atoms with Gasteiger partial charge in [-0.1, -0.05) is 30.3 Å². The number of hydrazone groups is 1. The lowest BCUT2D eigenvalue weighted by molar-refractivity contribution is -0.385. The zero-order valence-electron chi connectivity index (χ0n) is 16.1. The third-order valence-corrected chi connectivity index (χ3v) is 4.47. The number of nitro benzene ring substituents is 1. The first-order valence-electron chi connectivity index (χ1n) is 9.30. The van der Waals surface area contributed by atoms with Crippen molar-refractivity contribution in [2.75, 3.05) is 0 Å². The van der Waals surface area contributed by atoms with Crippen molar-refractivity contribution in [3.8, 4) is 11.5 Å². The molecule has 0 spiro atoms. The number of benzene rings is 2. The number of nitro groups is 1. The topological polar surface area (TPSA) is 111 Å². The monoisotopic (exact) mass is 412 g/mol. The number of carbonyl (C=O) groups is 1. The molecule has 2 aromatic carbocycles. The Balaban J connectivity index is 1.54. The summed E-state index contributed by atoms with van der Waals surface area (Å²) in [5, 5.41) is 15.6. The Morgan fingerprint density at radius 2 is 1.90 bits per heavy atom. The molecule has 152 valence electrons. The number of amides is 1. The normalized spacial score (nSPS) is 11.4. The van der Waals surface area contributed by atoms with E-state index in [2.05, 4.69) is 15.5 Å². The highest BCUT2D eigenvalue weighted by Gasteiger charge is 2.14. The van der Waals surface area contributed by atoms with Crippen LogP contribution in [-0.4, -0.2) is 22.0 Å². The van der Waals surface area contributed by atoms with Crippen molar-refractivity contribution in [3.05, 3.63) is 100 Å². The van der Waals surface area contributed by atoms with Crippen molar-refractivity contribution in [3.63, 3.8) is 0 Å². The Morgan fingerprint density at radius 3 is 2.71 bits per heavy atom. The largest absolute Gasteiger partial charge is 0.463 e. The Kier molecular flexibility index (Phi) is 5.62. The lowest BCUT2D eigenvalue weighted by Gasteiger charge is -2.07. The zero-order chi connectivity index (χ0) is 21.6. The number of para-hydroxylation sites is 2. The molecule has 2 aromatic heterocycles. The van der Waals surface area contributed by atoms with Gasteiger partial charge in [0.15, 0.2) is 5.76 Å². The number of hydrogen-bond acceptors (Lipinski definition) is 6. The number of rotatable bonds is 6. The van der Waals surface area contributed by atoms with E-state index in [1.807, 2.05) is 18.2 Å². The van der Waals surface area contributed by atoms with E-state index in [0.29, 0.717) is 33.5 Å². The second-order valence-corrected chi connectivity index (χ2v) is 6.44. The van der Waals surface area contributed by atoms with Crippen LogP contribution in [0, 0.1) is 10.1 Å². The number of aromatic nitrogens is 1. The van der Waals surface area contributed by atoms with Crippen LogP contribution in [0.2, 0.25) is 0 Å². The number of furan rings is 1. The molecule has 0 saturated carbocycles. The summed E-state index contributed by atoms with van der Waals surface area (Å²) in [5.74, 6) is 0.137. The molecule has 4 aromatic rings. The fourth-order valence-corrected chi connectivity index (χ4v) is 3.05. The Hall–Kier alpha value is -4.59. The van der Waals surface area contributed by atoms with Crippen molar-refractivity contribution in [1.29, 1.82) is 0 Å². The van der Waals surface area contributed by atoms with Crippen molar-refractivity contribution in [1.82, 2.24) is 10.4 Å². The van der Waals surface area contributed by atoms with Gasteiger partial charge in [0.1, 0.15) is 5.69 Å². The second kappa shape index (κ2) is 8.83. The average molecular weight is 412 g/mol. The van der Waals surface area contributed by atoms with Gasteiger partial charge in [-0.3, -0.25) is 14.9 Å². The third kappa shape index (κ3) is 4.38. The molecule has 31 heavy (non-hydrogen) atoms. The van der Waals surface area contributed by atoms with E-state index in [0.717, 1.165) is 0 Å². The molecule has 0 radical (unpaired) electrons. The van der Waals surface area contributed by atoms with Crippen LogP contribution in [0.25, 0.3) is 28.4 Å². The molecule has 0 aliphatic heterocycles. The zero-order valence-corrected chi connectivity index (χ0v) is 16.1. The van der Waals surface area contributed by atoms with Crippen molar-refractivity contribution in [2.45, 2.75) is 0 Å². The highest BCUT2D eigenvalue weighted by atomic mass is 16.6. The van der Waals surface area contributed by atoms with Crippen LogP contribution in [0.3, 0.4) is 0 Å². The standard InChI is InChI=1S/C23H16N4O4/c28-23(26-24-13-5-8-16-7-1-4-11-21(16)27(29)30)18-15-20(22-12-6-14-31-22)25-19-10-3-2-9-17(18)19/h1-15H,(H,26,28)/b8-5+,24-13+. The van der Waals surface area contributed by atoms with Gasteiger partial charge in [-0.15, -0.1) is 0 Å². The molecule has 0 aliphatic rings. The number of fused-ring (bicyclic) bond motifs is 1. The fourth-order valence-electron chi connectivity index (χ4n) is 3.05. The quantitative estimate of drug-likeness (QED) is 0.277. The van der Waals surface area contributed by atoms with Gasteiger partial charge in [0.25, 0.3) is 11.6 Å². The summed E-state index contributed by atoms with van der Waals surface area (Å²) >= 11 is 0. The minimum Gasteiger partial charge on any atom is -0.463 e. The minimum absolute atomic E-state index is 0.00936. The molecule has 0 unspecified atom stereocenters. The first kappa shape index (κ1) is 19.7. The van der Waals surface area contributed by atoms with E-state index in [1.165, 1.54) is 18.4 Å². The maximum Gasteiger partial charge on any atom is 0.276 e. The molecule has 0 fully saturated rings. The van der Waals surface area contributed by atoms with Gasteiger partial charge in [-0.25, -0.2) is 10.4 Å². The lowest BCUT2D eigenvalue weighted by Crippen LogP contribution is -2.18. The van der Waals surface area contributed by atoms with Gasteiger partial charge >= 0.3 is 0 Å². The molecule has 0 bridgehead atoms. The van der Waals surface area contributed by atoms with E-state index in [4.69, 9.17) is 4.42 Å². The van der Waals surface area contributed by atoms with Crippen LogP contribution >= 0.6 is 0 Å². The smallest absolute Gasteiger partial charge is 0.276 e. The molecule has 1 amide bonds. The highest BCUT2D eigenvalue weighted by Crippen LogP contribution is 2.25. The summed E-state index contributed by atoms with van der Waals surface area (Å²) in [7, 11) is 0. The molecule has 0 aliphatic carbocycles. The molecule has 1 N–H and O–H groups in total. The number of carbonyl (C=O) groups excluding carboxylic acids is 1. The van der Waals surface area contributed by atoms with Gasteiger partial charge in [-0.05, 0) is 42.5 Å². The number of nitrogens with one attached hydrogen (secondary N) is 1. The number of pyridine rings is 1. The lowest BCUT2D eigenvalue weighted by atomic mass is 10.1. The van der Waals surface area contributed by atoms with Crippen molar-refractivity contribution in [2.24, 2.45) is 5.10 Å². The Labute approximate surface area is 176 Å². The summed E-state index contributed by atoms with van der Waals surface area (Å²) < 4.78 is 5.40. The van der Waals surface area contributed by atoms with Crippen LogP contribution < -0.4 is 5.43 Å². The van der Waals surface area contributed by atoms with Gasteiger partial charge in [0.05, 0.1) is 27.8 Å². The Morgan fingerprint density at radius 1 is 1.10 bits per heavy atom. The fraction of sp³-hybridized carbons (Fsp3) is 0. The maximum atomic E-state index is 12.8. The van der Waals surface area contributed by atoms with E-state index in [1.54, 1.807) is 54.8 Å². The molecular formula is C23H16N4O4. The summed E-state index contributed by atoms with van der Waals surface area (Å²) in [5.41, 5.74) is 4.49. The molecule has 8 heteroatoms. The second-order valence-electron chi connectivity index (χ2n) is 6.44. The third-order valence-electron chi connectivity index (χ3n) is 4.47. The first-order valence-corrected chi connectivity index (χ1v) is 9.30. The van der Waals surface area contributed by atoms with E-state index >= 15 is 0 Å². The van der Waals surface area contributed by atoms with E-state index in [-0.39, 0.29) is 5.69 Å². The summed E-state index contributed by atoms with van der Waals surface area (Å²) in [6, 6.07) is 18.8. The van der Waals surface area contributed by atoms with Gasteiger partial charge in [0, 0.05) is 17.7 Å². The highest BCUT2D eigenvalue weighted by molar-refractivity contribution is 6.07.